The minimum Gasteiger partial charge on any atom is -0.481 e. The number of carboxylic acid groups (broad SMARTS) is 1. The van der Waals surface area contributed by atoms with E-state index in [9.17, 15) is 9.90 Å². The monoisotopic (exact) mass is 285 g/mol. The summed E-state index contributed by atoms with van der Waals surface area (Å²) in [6.45, 7) is 8.67. The first kappa shape index (κ1) is 15.2. The topological polar surface area (TPSA) is 40.5 Å². The molecule has 1 N–H and O–H groups in total. The second kappa shape index (κ2) is 5.65. The molecule has 0 aromatic rings. The van der Waals surface area contributed by atoms with Crippen molar-refractivity contribution in [2.45, 2.75) is 52.5 Å². The lowest BCUT2D eigenvalue weighted by Gasteiger charge is -2.49. The molecule has 0 aromatic heterocycles. The maximum atomic E-state index is 11.5. The van der Waals surface area contributed by atoms with Gasteiger partial charge in [0.05, 0.1) is 5.41 Å². The van der Waals surface area contributed by atoms with Crippen molar-refractivity contribution in [1.82, 2.24) is 4.90 Å². The molecule has 0 bridgehead atoms. The maximum absolute atomic E-state index is 11.5. The molecule has 4 heteroatoms. The van der Waals surface area contributed by atoms with E-state index in [1.54, 1.807) is 0 Å². The lowest BCUT2D eigenvalue weighted by atomic mass is 9.74. The van der Waals surface area contributed by atoms with Crippen LogP contribution in [0.2, 0.25) is 0 Å². The van der Waals surface area contributed by atoms with Gasteiger partial charge in [-0.25, -0.2) is 0 Å². The van der Waals surface area contributed by atoms with Gasteiger partial charge in [0.15, 0.2) is 0 Å². The zero-order valence-electron chi connectivity index (χ0n) is 12.4. The summed E-state index contributed by atoms with van der Waals surface area (Å²) >= 11 is 2.05. The smallest absolute Gasteiger partial charge is 0.309 e. The van der Waals surface area contributed by atoms with Gasteiger partial charge in [-0.05, 0) is 49.9 Å². The van der Waals surface area contributed by atoms with Crippen molar-refractivity contribution in [1.29, 1.82) is 0 Å². The Morgan fingerprint density at radius 2 is 1.95 bits per heavy atom. The number of hydrogen-bond acceptors (Lipinski definition) is 3. The average Bonchev–Trinajstić information content (AvgIpc) is 2.38. The van der Waals surface area contributed by atoms with E-state index in [-0.39, 0.29) is 0 Å². The zero-order chi connectivity index (χ0) is 14.1. The Kier molecular flexibility index (Phi) is 4.51. The van der Waals surface area contributed by atoms with Gasteiger partial charge in [-0.2, -0.15) is 11.8 Å². The minimum absolute atomic E-state index is 0.376. The predicted octanol–water partition coefficient (Wildman–Crippen LogP) is 3.09. The third kappa shape index (κ3) is 2.94. The molecule has 0 spiro atoms. The Hall–Kier alpha value is -0.220. The number of thioether (sulfide) groups is 1. The molecule has 19 heavy (non-hydrogen) atoms. The molecular formula is C15H27NO2S. The van der Waals surface area contributed by atoms with Crippen molar-refractivity contribution in [2.24, 2.45) is 10.8 Å². The Morgan fingerprint density at radius 1 is 1.32 bits per heavy atom. The maximum Gasteiger partial charge on any atom is 0.309 e. The lowest BCUT2D eigenvalue weighted by Crippen LogP contribution is -2.54. The molecule has 2 aliphatic rings. The second-order valence-corrected chi connectivity index (χ2v) is 7.95. The number of carbonyl (C=O) groups is 1. The van der Waals surface area contributed by atoms with Crippen molar-refractivity contribution in [2.75, 3.05) is 24.6 Å². The summed E-state index contributed by atoms with van der Waals surface area (Å²) in [7, 11) is 0. The lowest BCUT2D eigenvalue weighted by molar-refractivity contribution is -0.153. The largest absolute Gasteiger partial charge is 0.481 e. The highest BCUT2D eigenvalue weighted by molar-refractivity contribution is 7.99. The normalized spacial score (nSPS) is 31.0. The number of rotatable bonds is 3. The van der Waals surface area contributed by atoms with Crippen LogP contribution in [0.5, 0.6) is 0 Å². The van der Waals surface area contributed by atoms with Gasteiger partial charge >= 0.3 is 5.97 Å². The molecule has 2 heterocycles. The molecular weight excluding hydrogens is 258 g/mol. The predicted molar refractivity (Wildman–Crippen MR) is 80.7 cm³/mol. The van der Waals surface area contributed by atoms with Crippen LogP contribution in [0.1, 0.15) is 46.5 Å². The van der Waals surface area contributed by atoms with Gasteiger partial charge in [-0.1, -0.05) is 20.8 Å². The molecule has 2 rings (SSSR count). The van der Waals surface area contributed by atoms with Gasteiger partial charge < -0.3 is 5.11 Å². The Balaban J connectivity index is 2.01. The number of hydrogen-bond donors (Lipinski definition) is 1. The fraction of sp³-hybridized carbons (Fsp3) is 0.933. The summed E-state index contributed by atoms with van der Waals surface area (Å²) in [5.74, 6) is 1.89. The number of carboxylic acids is 1. The summed E-state index contributed by atoms with van der Waals surface area (Å²) in [4.78, 5) is 14.1. The van der Waals surface area contributed by atoms with Crippen LogP contribution in [0.25, 0.3) is 0 Å². The van der Waals surface area contributed by atoms with E-state index in [2.05, 4.69) is 30.5 Å². The van der Waals surface area contributed by atoms with Crippen LogP contribution in [-0.2, 0) is 4.79 Å². The van der Waals surface area contributed by atoms with Crippen LogP contribution < -0.4 is 0 Å². The number of piperidine rings is 1. The molecule has 2 fully saturated rings. The van der Waals surface area contributed by atoms with Crippen molar-refractivity contribution in [3.8, 4) is 0 Å². The van der Waals surface area contributed by atoms with Crippen LogP contribution >= 0.6 is 11.8 Å². The zero-order valence-corrected chi connectivity index (χ0v) is 13.3. The standard InChI is InChI=1S/C15H27NO2S/c1-4-15(13(17)18)5-8-16(9-6-15)12-11-19-10-7-14(12,2)3/h12H,4-11H2,1-3H3,(H,17,18). The van der Waals surface area contributed by atoms with E-state index in [0.717, 1.165) is 32.4 Å². The molecule has 2 aliphatic heterocycles. The highest BCUT2D eigenvalue weighted by Crippen LogP contribution is 2.41. The van der Waals surface area contributed by atoms with Gasteiger partial charge in [0.2, 0.25) is 0 Å². The molecule has 1 unspecified atom stereocenters. The van der Waals surface area contributed by atoms with Gasteiger partial charge in [-0.15, -0.1) is 0 Å². The van der Waals surface area contributed by atoms with Crippen LogP contribution in [0.15, 0.2) is 0 Å². The third-order valence-electron chi connectivity index (χ3n) is 5.39. The number of nitrogens with zero attached hydrogens (tertiary/aromatic N) is 1. The van der Waals surface area contributed by atoms with Crippen molar-refractivity contribution >= 4 is 17.7 Å². The summed E-state index contributed by atoms with van der Waals surface area (Å²) in [6, 6.07) is 0.620. The van der Waals surface area contributed by atoms with Crippen molar-refractivity contribution in [3.63, 3.8) is 0 Å². The van der Waals surface area contributed by atoms with E-state index < -0.39 is 11.4 Å². The van der Waals surface area contributed by atoms with Crippen molar-refractivity contribution in [3.05, 3.63) is 0 Å². The van der Waals surface area contributed by atoms with Crippen LogP contribution in [0.3, 0.4) is 0 Å². The Bertz CT molecular complexity index is 335. The quantitative estimate of drug-likeness (QED) is 0.865. The summed E-state index contributed by atoms with van der Waals surface area (Å²) in [6.07, 6.45) is 3.67. The molecule has 0 saturated carbocycles. The molecule has 1 atom stereocenters. The van der Waals surface area contributed by atoms with E-state index in [4.69, 9.17) is 0 Å². The van der Waals surface area contributed by atoms with Gasteiger partial charge in [0, 0.05) is 11.8 Å². The fourth-order valence-corrected chi connectivity index (χ4v) is 5.23. The molecule has 110 valence electrons. The Morgan fingerprint density at radius 3 is 2.42 bits per heavy atom. The third-order valence-corrected chi connectivity index (χ3v) is 6.44. The van der Waals surface area contributed by atoms with Gasteiger partial charge in [-0.3, -0.25) is 9.69 Å². The Labute approximate surface area is 121 Å². The first-order valence-corrected chi connectivity index (χ1v) is 8.62. The fourth-order valence-electron chi connectivity index (χ4n) is 3.50. The van der Waals surface area contributed by atoms with Gasteiger partial charge in [0.25, 0.3) is 0 Å². The number of likely N-dealkylation sites (tertiary alicyclic amines) is 1. The van der Waals surface area contributed by atoms with Crippen molar-refractivity contribution < 1.29 is 9.90 Å². The molecule has 0 amide bonds. The minimum atomic E-state index is -0.591. The molecule has 0 aliphatic carbocycles. The van der Waals surface area contributed by atoms with Crippen LogP contribution in [0.4, 0.5) is 0 Å². The molecule has 0 radical (unpaired) electrons. The van der Waals surface area contributed by atoms with Crippen LogP contribution in [0, 0.1) is 10.8 Å². The van der Waals surface area contributed by atoms with Gasteiger partial charge in [0.1, 0.15) is 0 Å². The molecule has 3 nitrogen and oxygen atoms in total. The summed E-state index contributed by atoms with van der Waals surface area (Å²) < 4.78 is 0. The van der Waals surface area contributed by atoms with Crippen LogP contribution in [-0.4, -0.2) is 46.6 Å². The molecule has 2 saturated heterocycles. The molecule has 0 aromatic carbocycles. The highest BCUT2D eigenvalue weighted by atomic mass is 32.2. The second-order valence-electron chi connectivity index (χ2n) is 6.80. The highest BCUT2D eigenvalue weighted by Gasteiger charge is 2.44. The first-order chi connectivity index (χ1) is 8.91. The average molecular weight is 285 g/mol. The number of aliphatic carboxylic acids is 1. The summed E-state index contributed by atoms with van der Waals surface area (Å²) in [5, 5.41) is 9.47. The van der Waals surface area contributed by atoms with E-state index in [1.165, 1.54) is 17.9 Å². The van der Waals surface area contributed by atoms with E-state index in [1.807, 2.05) is 6.92 Å². The first-order valence-electron chi connectivity index (χ1n) is 7.46. The van der Waals surface area contributed by atoms with E-state index in [0.29, 0.717) is 11.5 Å². The van der Waals surface area contributed by atoms with E-state index >= 15 is 0 Å². The SMILES string of the molecule is CCC1(C(=O)O)CCN(C2CSCCC2(C)C)CC1. The summed E-state index contributed by atoms with van der Waals surface area (Å²) in [5.41, 5.74) is -0.0802.